The molecule has 0 radical (unpaired) electrons. The molecule has 5 heterocycles. The van der Waals surface area contributed by atoms with E-state index in [0.717, 1.165) is 36.7 Å². The van der Waals surface area contributed by atoms with Gasteiger partial charge in [-0.05, 0) is 19.1 Å². The van der Waals surface area contributed by atoms with Crippen LogP contribution in [0.25, 0.3) is 22.7 Å². The zero-order valence-corrected chi connectivity index (χ0v) is 16.1. The molecular weight excluding hydrogens is 366 g/mol. The van der Waals surface area contributed by atoms with E-state index in [9.17, 15) is 4.79 Å². The number of anilines is 1. The van der Waals surface area contributed by atoms with E-state index < -0.39 is 0 Å². The lowest BCUT2D eigenvalue weighted by Crippen LogP contribution is -2.49. The molecule has 0 spiro atoms. The van der Waals surface area contributed by atoms with Gasteiger partial charge in [-0.15, -0.1) is 6.58 Å². The van der Waals surface area contributed by atoms with E-state index in [2.05, 4.69) is 31.7 Å². The molecule has 5 rings (SSSR count). The van der Waals surface area contributed by atoms with E-state index >= 15 is 0 Å². The summed E-state index contributed by atoms with van der Waals surface area (Å²) in [5.41, 5.74) is 4.28. The summed E-state index contributed by atoms with van der Waals surface area (Å²) in [6.45, 7) is 8.37. The highest BCUT2D eigenvalue weighted by Gasteiger charge is 2.18. The second-order valence-corrected chi connectivity index (χ2v) is 7.26. The second kappa shape index (κ2) is 6.82. The molecule has 1 aliphatic rings. The number of imidazole rings is 1. The fourth-order valence-corrected chi connectivity index (χ4v) is 3.70. The van der Waals surface area contributed by atoms with Gasteiger partial charge in [-0.25, -0.2) is 9.97 Å². The normalized spacial score (nSPS) is 17.1. The van der Waals surface area contributed by atoms with E-state index in [-0.39, 0.29) is 11.6 Å². The van der Waals surface area contributed by atoms with Crippen LogP contribution in [0.3, 0.4) is 0 Å². The molecule has 0 bridgehead atoms. The van der Waals surface area contributed by atoms with Crippen LogP contribution in [0.5, 0.6) is 0 Å². The highest BCUT2D eigenvalue weighted by atomic mass is 16.1. The number of rotatable bonds is 3. The first kappa shape index (κ1) is 17.6. The van der Waals surface area contributed by atoms with Gasteiger partial charge in [-0.1, -0.05) is 6.08 Å². The van der Waals surface area contributed by atoms with Gasteiger partial charge >= 0.3 is 0 Å². The largest absolute Gasteiger partial charge is 0.367 e. The average molecular weight is 387 g/mol. The number of piperazine rings is 1. The molecule has 1 N–H and O–H groups in total. The van der Waals surface area contributed by atoms with Gasteiger partial charge in [0.25, 0.3) is 5.56 Å². The van der Waals surface area contributed by atoms with Crippen molar-refractivity contribution in [1.82, 2.24) is 29.1 Å². The van der Waals surface area contributed by atoms with Crippen LogP contribution >= 0.6 is 0 Å². The molecule has 29 heavy (non-hydrogen) atoms. The third kappa shape index (κ3) is 3.17. The summed E-state index contributed by atoms with van der Waals surface area (Å²) in [6.07, 6.45) is 9.25. The van der Waals surface area contributed by atoms with Crippen LogP contribution in [-0.4, -0.2) is 49.4 Å². The summed E-state index contributed by atoms with van der Waals surface area (Å²) in [7, 11) is 0. The molecule has 8 heteroatoms. The summed E-state index contributed by atoms with van der Waals surface area (Å²) in [5, 5.41) is 3.40. The third-order valence-electron chi connectivity index (χ3n) is 5.23. The minimum absolute atomic E-state index is 0.131. The molecule has 1 unspecified atom stereocenters. The van der Waals surface area contributed by atoms with E-state index in [1.165, 1.54) is 6.07 Å². The number of aryl methyl sites for hydroxylation is 1. The van der Waals surface area contributed by atoms with Crippen molar-refractivity contribution in [2.24, 2.45) is 0 Å². The van der Waals surface area contributed by atoms with Gasteiger partial charge in [0.05, 0.1) is 23.3 Å². The molecule has 4 aromatic rings. The standard InChI is InChI=1S/C21H21N7O/c1-3-15-11-26(7-6-22-15)16-4-5-19-24-17(8-21(29)28(19)12-16)18-13-27-10-14(2)23-9-20(27)25-18/h3-5,8-10,12-13,15,22H,1,6-7,11H2,2H3. The van der Waals surface area contributed by atoms with Crippen molar-refractivity contribution in [3.63, 3.8) is 0 Å². The third-order valence-corrected chi connectivity index (χ3v) is 5.23. The van der Waals surface area contributed by atoms with Gasteiger partial charge < -0.3 is 14.6 Å². The number of aromatic nitrogens is 5. The predicted molar refractivity (Wildman–Crippen MR) is 112 cm³/mol. The fourth-order valence-electron chi connectivity index (χ4n) is 3.70. The number of hydrogen-bond donors (Lipinski definition) is 1. The van der Waals surface area contributed by atoms with Crippen LogP contribution in [0.2, 0.25) is 0 Å². The maximum Gasteiger partial charge on any atom is 0.258 e. The number of fused-ring (bicyclic) bond motifs is 2. The molecule has 0 aliphatic carbocycles. The summed E-state index contributed by atoms with van der Waals surface area (Å²) in [6, 6.07) is 5.66. The molecule has 146 valence electrons. The minimum atomic E-state index is -0.131. The zero-order valence-electron chi connectivity index (χ0n) is 16.1. The maximum atomic E-state index is 12.8. The topological polar surface area (TPSA) is 79.8 Å². The van der Waals surface area contributed by atoms with Crippen molar-refractivity contribution >= 4 is 17.0 Å². The zero-order chi connectivity index (χ0) is 20.0. The number of nitrogens with zero attached hydrogens (tertiary/aromatic N) is 6. The Balaban J connectivity index is 1.54. The van der Waals surface area contributed by atoms with Crippen LogP contribution in [0.1, 0.15) is 5.69 Å². The minimum Gasteiger partial charge on any atom is -0.367 e. The molecule has 0 saturated carbocycles. The van der Waals surface area contributed by atoms with Gasteiger partial charge in [-0.3, -0.25) is 14.2 Å². The van der Waals surface area contributed by atoms with Crippen molar-refractivity contribution in [3.8, 4) is 11.4 Å². The fraction of sp³-hybridized carbons (Fsp3) is 0.238. The highest BCUT2D eigenvalue weighted by molar-refractivity contribution is 5.62. The lowest BCUT2D eigenvalue weighted by Gasteiger charge is -2.33. The second-order valence-electron chi connectivity index (χ2n) is 7.26. The highest BCUT2D eigenvalue weighted by Crippen LogP contribution is 2.20. The first-order chi connectivity index (χ1) is 14.1. The van der Waals surface area contributed by atoms with E-state index in [1.54, 1.807) is 10.6 Å². The van der Waals surface area contributed by atoms with Gasteiger partial charge in [0.1, 0.15) is 11.3 Å². The lowest BCUT2D eigenvalue weighted by molar-refractivity contribution is 0.518. The Morgan fingerprint density at radius 3 is 2.90 bits per heavy atom. The molecule has 0 aromatic carbocycles. The smallest absolute Gasteiger partial charge is 0.258 e. The quantitative estimate of drug-likeness (QED) is 0.539. The van der Waals surface area contributed by atoms with Crippen LogP contribution in [-0.2, 0) is 0 Å². The Labute approximate surface area is 167 Å². The Hall–Kier alpha value is -3.52. The first-order valence-corrected chi connectivity index (χ1v) is 9.57. The molecule has 1 atom stereocenters. The Morgan fingerprint density at radius 1 is 1.17 bits per heavy atom. The Kier molecular flexibility index (Phi) is 4.13. The van der Waals surface area contributed by atoms with Crippen molar-refractivity contribution in [1.29, 1.82) is 0 Å². The predicted octanol–water partition coefficient (Wildman–Crippen LogP) is 1.68. The van der Waals surface area contributed by atoms with Crippen LogP contribution in [0, 0.1) is 6.92 Å². The van der Waals surface area contributed by atoms with Gasteiger partial charge in [0, 0.05) is 50.3 Å². The molecule has 8 nitrogen and oxygen atoms in total. The maximum absolute atomic E-state index is 12.8. The van der Waals surface area contributed by atoms with E-state index in [0.29, 0.717) is 17.0 Å². The van der Waals surface area contributed by atoms with Crippen LogP contribution in [0.15, 0.2) is 60.4 Å². The summed E-state index contributed by atoms with van der Waals surface area (Å²) in [5.74, 6) is 0. The summed E-state index contributed by atoms with van der Waals surface area (Å²) in [4.78, 5) is 28.5. The first-order valence-electron chi connectivity index (χ1n) is 9.57. The van der Waals surface area contributed by atoms with Crippen molar-refractivity contribution < 1.29 is 0 Å². The van der Waals surface area contributed by atoms with Crippen molar-refractivity contribution in [2.45, 2.75) is 13.0 Å². The number of nitrogens with one attached hydrogen (secondary N) is 1. The number of hydrogen-bond acceptors (Lipinski definition) is 6. The molecule has 4 aromatic heterocycles. The van der Waals surface area contributed by atoms with Crippen molar-refractivity contribution in [2.75, 3.05) is 24.5 Å². The van der Waals surface area contributed by atoms with Crippen LogP contribution < -0.4 is 15.8 Å². The van der Waals surface area contributed by atoms with E-state index in [4.69, 9.17) is 0 Å². The SMILES string of the molecule is C=CC1CN(c2ccc3nc(-c4cn5cc(C)ncc5n4)cc(=O)n3c2)CCN1. The molecule has 1 saturated heterocycles. The van der Waals surface area contributed by atoms with E-state index in [1.807, 2.05) is 48.1 Å². The average Bonchev–Trinajstić information content (AvgIpc) is 3.17. The van der Waals surface area contributed by atoms with Gasteiger partial charge in [-0.2, -0.15) is 0 Å². The van der Waals surface area contributed by atoms with Crippen molar-refractivity contribution in [3.05, 3.63) is 71.7 Å². The molecular formula is C21H21N7O. The lowest BCUT2D eigenvalue weighted by atomic mass is 10.2. The number of pyridine rings is 1. The molecule has 1 fully saturated rings. The monoisotopic (exact) mass is 387 g/mol. The van der Waals surface area contributed by atoms with Gasteiger partial charge in [0.2, 0.25) is 0 Å². The van der Waals surface area contributed by atoms with Gasteiger partial charge in [0.15, 0.2) is 5.65 Å². The summed E-state index contributed by atoms with van der Waals surface area (Å²) < 4.78 is 3.48. The van der Waals surface area contributed by atoms with Crippen LogP contribution in [0.4, 0.5) is 5.69 Å². The Morgan fingerprint density at radius 2 is 2.03 bits per heavy atom. The molecule has 1 aliphatic heterocycles. The summed E-state index contributed by atoms with van der Waals surface area (Å²) >= 11 is 0. The Bertz CT molecular complexity index is 1290. The molecule has 0 amide bonds.